The van der Waals surface area contributed by atoms with Crippen molar-refractivity contribution in [3.8, 4) is 11.4 Å². The van der Waals surface area contributed by atoms with Crippen molar-refractivity contribution in [2.45, 2.75) is 19.1 Å². The van der Waals surface area contributed by atoms with Crippen LogP contribution in [-0.4, -0.2) is 20.9 Å². The number of aromatic nitrogens is 3. The van der Waals surface area contributed by atoms with E-state index in [1.807, 2.05) is 0 Å². The van der Waals surface area contributed by atoms with Gasteiger partial charge in [0.25, 0.3) is 0 Å². The predicted octanol–water partition coefficient (Wildman–Crippen LogP) is 2.63. The minimum atomic E-state index is -2.86. The van der Waals surface area contributed by atoms with E-state index >= 15 is 0 Å². The molecule has 4 N–H and O–H groups in total. The fourth-order valence-electron chi connectivity index (χ4n) is 2.11. The monoisotopic (exact) mass is 323 g/mol. The number of rotatable bonds is 6. The highest BCUT2D eigenvalue weighted by atomic mass is 19.3. The van der Waals surface area contributed by atoms with Gasteiger partial charge in [0.2, 0.25) is 0 Å². The van der Waals surface area contributed by atoms with Crippen molar-refractivity contribution in [1.82, 2.24) is 14.8 Å². The van der Waals surface area contributed by atoms with Crippen LogP contribution >= 0.6 is 0 Å². The number of nitrogens with zero attached hydrogens (tertiary/aromatic N) is 3. The van der Waals surface area contributed by atoms with Gasteiger partial charge >= 0.3 is 12.6 Å². The van der Waals surface area contributed by atoms with Gasteiger partial charge in [0.15, 0.2) is 0 Å². The van der Waals surface area contributed by atoms with Crippen molar-refractivity contribution in [1.29, 1.82) is 0 Å². The third-order valence-electron chi connectivity index (χ3n) is 3.05. The Balaban J connectivity index is 2.45. The lowest BCUT2D eigenvalue weighted by molar-refractivity contribution is 0.0585. The number of primary amides is 1. The molecule has 2 aromatic heterocycles. The Morgan fingerprint density at radius 3 is 2.87 bits per heavy atom. The number of alkyl halides is 2. The summed E-state index contributed by atoms with van der Waals surface area (Å²) in [7, 11) is 0. The molecule has 7 nitrogen and oxygen atoms in total. The Morgan fingerprint density at radius 1 is 1.52 bits per heavy atom. The van der Waals surface area contributed by atoms with E-state index in [0.717, 1.165) is 6.20 Å². The van der Waals surface area contributed by atoms with Gasteiger partial charge < -0.3 is 16.2 Å². The van der Waals surface area contributed by atoms with Crippen LogP contribution < -0.4 is 11.5 Å². The third-order valence-corrected chi connectivity index (χ3v) is 3.05. The molecule has 0 aliphatic rings. The number of amides is 1. The first-order chi connectivity index (χ1) is 10.9. The van der Waals surface area contributed by atoms with Crippen LogP contribution in [0.4, 0.5) is 19.3 Å². The molecule has 0 unspecified atom stereocenters. The van der Waals surface area contributed by atoms with Crippen molar-refractivity contribution in [2.75, 3.05) is 5.73 Å². The van der Waals surface area contributed by atoms with Crippen LogP contribution in [0.2, 0.25) is 0 Å². The van der Waals surface area contributed by atoms with Gasteiger partial charge in [0.05, 0.1) is 17.6 Å². The maximum Gasteiger partial charge on any atom is 0.405 e. The van der Waals surface area contributed by atoms with Gasteiger partial charge in [0.1, 0.15) is 11.8 Å². The van der Waals surface area contributed by atoms with Gasteiger partial charge in [-0.1, -0.05) is 6.08 Å². The summed E-state index contributed by atoms with van der Waals surface area (Å²) in [5.41, 5.74) is 11.5. The number of pyridine rings is 1. The summed E-state index contributed by atoms with van der Waals surface area (Å²) >= 11 is 0. The van der Waals surface area contributed by atoms with Crippen LogP contribution in [0.5, 0.6) is 0 Å². The van der Waals surface area contributed by atoms with E-state index in [1.54, 1.807) is 12.1 Å². The first kappa shape index (κ1) is 16.4. The zero-order valence-electron chi connectivity index (χ0n) is 12.0. The number of hydrogen-bond donors (Lipinski definition) is 2. The zero-order chi connectivity index (χ0) is 17.0. The smallest absolute Gasteiger partial charge is 0.405 e. The van der Waals surface area contributed by atoms with Crippen LogP contribution in [0.3, 0.4) is 0 Å². The fraction of sp³-hybridized carbons (Fsp3) is 0.214. The normalized spacial score (nSPS) is 12.1. The van der Waals surface area contributed by atoms with Crippen molar-refractivity contribution in [2.24, 2.45) is 5.73 Å². The van der Waals surface area contributed by atoms with E-state index in [1.165, 1.54) is 12.3 Å². The van der Waals surface area contributed by atoms with E-state index < -0.39 is 18.7 Å². The molecule has 122 valence electrons. The van der Waals surface area contributed by atoms with E-state index in [2.05, 4.69) is 16.7 Å². The Hall–Kier alpha value is -2.97. The molecule has 2 aromatic rings. The number of halogens is 2. The molecule has 0 radical (unpaired) electrons. The zero-order valence-corrected chi connectivity index (χ0v) is 12.0. The molecule has 1 atom stereocenters. The molecular weight excluding hydrogens is 308 g/mol. The lowest BCUT2D eigenvalue weighted by Gasteiger charge is -2.16. The third kappa shape index (κ3) is 3.62. The minimum Gasteiger partial charge on any atom is -0.441 e. The molecule has 0 aliphatic heterocycles. The summed E-state index contributed by atoms with van der Waals surface area (Å²) in [4.78, 5) is 15.0. The van der Waals surface area contributed by atoms with Crippen LogP contribution in [0.1, 0.15) is 24.6 Å². The first-order valence-corrected chi connectivity index (χ1v) is 6.58. The summed E-state index contributed by atoms with van der Waals surface area (Å²) in [5, 5.41) is 3.53. The van der Waals surface area contributed by atoms with Gasteiger partial charge in [-0.05, 0) is 17.7 Å². The summed E-state index contributed by atoms with van der Waals surface area (Å²) < 4.78 is 31.5. The van der Waals surface area contributed by atoms with Gasteiger partial charge in [-0.3, -0.25) is 4.98 Å². The average Bonchev–Trinajstić information content (AvgIpc) is 2.88. The molecular formula is C14H15F2N5O2. The highest BCUT2D eigenvalue weighted by Crippen LogP contribution is 2.30. The summed E-state index contributed by atoms with van der Waals surface area (Å²) in [6, 6.07) is 3.07. The van der Waals surface area contributed by atoms with Crippen molar-refractivity contribution in [3.63, 3.8) is 0 Å². The second-order valence-corrected chi connectivity index (χ2v) is 4.60. The maximum atomic E-state index is 13.0. The number of anilines is 1. The largest absolute Gasteiger partial charge is 0.441 e. The molecule has 1 amide bonds. The second kappa shape index (κ2) is 6.86. The molecule has 2 heterocycles. The highest BCUT2D eigenvalue weighted by Gasteiger charge is 2.20. The number of carbonyl (C=O) groups excluding carboxylic acids is 1. The first-order valence-electron chi connectivity index (χ1n) is 6.58. The van der Waals surface area contributed by atoms with Gasteiger partial charge in [-0.15, -0.1) is 6.58 Å². The summed E-state index contributed by atoms with van der Waals surface area (Å²) in [6.07, 6.45) is 2.72. The van der Waals surface area contributed by atoms with Gasteiger partial charge in [-0.2, -0.15) is 18.6 Å². The lowest BCUT2D eigenvalue weighted by atomic mass is 10.1. The number of nitrogens with two attached hydrogens (primary N) is 2. The molecule has 0 bridgehead atoms. The van der Waals surface area contributed by atoms with Crippen LogP contribution in [0.25, 0.3) is 11.4 Å². The van der Waals surface area contributed by atoms with Crippen molar-refractivity contribution >= 4 is 11.8 Å². The fourth-order valence-corrected chi connectivity index (χ4v) is 2.11. The van der Waals surface area contributed by atoms with Gasteiger partial charge in [0, 0.05) is 12.6 Å². The molecule has 9 heteroatoms. The summed E-state index contributed by atoms with van der Waals surface area (Å²) in [5.74, 6) is 0. The van der Waals surface area contributed by atoms with E-state index in [-0.39, 0.29) is 17.1 Å². The molecule has 0 fully saturated rings. The molecule has 2 rings (SSSR count). The number of ether oxygens (including phenoxy) is 1. The number of carbonyl (C=O) groups is 1. The number of hydrogen-bond acceptors (Lipinski definition) is 5. The van der Waals surface area contributed by atoms with Crippen LogP contribution in [0, 0.1) is 0 Å². The standard InChI is InChI=1S/C14H15F2N5O2/c1-2-3-11(23-14(18)22)8-4-5-19-10(6-8)12-9(17)7-20-21(12)13(15)16/h2,4-7,11,13H,1,3,17H2,(H2,18,22)/t11-/m0/s1. The Labute approximate surface area is 130 Å². The Kier molecular flexibility index (Phi) is 4.89. The second-order valence-electron chi connectivity index (χ2n) is 4.60. The minimum absolute atomic E-state index is 0.0155. The quantitative estimate of drug-likeness (QED) is 0.794. The van der Waals surface area contributed by atoms with E-state index in [4.69, 9.17) is 16.2 Å². The molecule has 0 aliphatic carbocycles. The Bertz CT molecular complexity index is 717. The van der Waals surface area contributed by atoms with Crippen LogP contribution in [0.15, 0.2) is 37.2 Å². The SMILES string of the molecule is C=CC[C@H](OC(N)=O)c1ccnc(-c2c(N)cnn2C(F)F)c1. The molecule has 0 spiro atoms. The molecule has 0 saturated carbocycles. The van der Waals surface area contributed by atoms with E-state index in [9.17, 15) is 13.6 Å². The molecule has 0 aromatic carbocycles. The maximum absolute atomic E-state index is 13.0. The predicted molar refractivity (Wildman–Crippen MR) is 79.3 cm³/mol. The highest BCUT2D eigenvalue weighted by molar-refractivity contribution is 5.70. The van der Waals surface area contributed by atoms with Crippen molar-refractivity contribution < 1.29 is 18.3 Å². The molecule has 23 heavy (non-hydrogen) atoms. The average molecular weight is 323 g/mol. The van der Waals surface area contributed by atoms with Crippen LogP contribution in [-0.2, 0) is 4.74 Å². The summed E-state index contributed by atoms with van der Waals surface area (Å²) in [6.45, 7) is 0.714. The van der Waals surface area contributed by atoms with Crippen molar-refractivity contribution in [3.05, 3.63) is 42.7 Å². The van der Waals surface area contributed by atoms with Gasteiger partial charge in [-0.25, -0.2) is 4.79 Å². The lowest BCUT2D eigenvalue weighted by Crippen LogP contribution is -2.17. The Morgan fingerprint density at radius 2 is 2.26 bits per heavy atom. The van der Waals surface area contributed by atoms with E-state index in [0.29, 0.717) is 16.7 Å². The topological polar surface area (TPSA) is 109 Å². The molecule has 0 saturated heterocycles. The number of nitrogen functional groups attached to an aromatic ring is 1.